The van der Waals surface area contributed by atoms with Crippen molar-refractivity contribution in [3.05, 3.63) is 76.6 Å². The molecule has 0 saturated carbocycles. The van der Waals surface area contributed by atoms with Gasteiger partial charge in [-0.15, -0.1) is 0 Å². The number of nitriles is 1. The molecule has 290 valence electrons. The second kappa shape index (κ2) is 16.2. The van der Waals surface area contributed by atoms with E-state index >= 15 is 0 Å². The molecule has 4 aliphatic rings. The van der Waals surface area contributed by atoms with E-state index < -0.39 is 23.7 Å². The first kappa shape index (κ1) is 37.9. The number of pyridine rings is 1. The highest BCUT2D eigenvalue weighted by molar-refractivity contribution is 6.06. The van der Waals surface area contributed by atoms with E-state index in [1.807, 2.05) is 29.2 Å². The van der Waals surface area contributed by atoms with Crippen LogP contribution in [0.3, 0.4) is 0 Å². The van der Waals surface area contributed by atoms with Crippen LogP contribution in [0.15, 0.2) is 48.7 Å². The lowest BCUT2D eigenvalue weighted by Gasteiger charge is -2.36. The molecule has 3 fully saturated rings. The highest BCUT2D eigenvalue weighted by Crippen LogP contribution is 2.39. The first-order chi connectivity index (χ1) is 26.5. The fraction of sp³-hybridized carbons (Fsp3) is 0.475. The molecule has 1 atom stereocenters. The maximum absolute atomic E-state index is 13.5. The highest BCUT2D eigenvalue weighted by atomic mass is 19.4. The van der Waals surface area contributed by atoms with E-state index in [-0.39, 0.29) is 29.7 Å². The standard InChI is InChI=1S/C40H44F3N7O5/c1-54-35-22-30(20-28-25-50(39(53)37(28)35)34-8-9-36(51)46-38(34)52)49-17-15-47(16-18-49)12-2-3-19-55-31-6-7-33(45-24-31)26-10-13-48(14-11-26)29-5-4-27(23-44)32(21-29)40(41,42)43/h4-7,20-22,24,26,34H,2-3,8-19,25H2,1H3,(H,46,51,52). The van der Waals surface area contributed by atoms with Crippen molar-refractivity contribution in [2.24, 2.45) is 0 Å². The highest BCUT2D eigenvalue weighted by Gasteiger charge is 2.41. The third-order valence-corrected chi connectivity index (χ3v) is 11.1. The minimum Gasteiger partial charge on any atom is -0.496 e. The minimum atomic E-state index is -4.58. The van der Waals surface area contributed by atoms with Crippen LogP contribution in [0.25, 0.3) is 0 Å². The molecule has 0 bridgehead atoms. The Kier molecular flexibility index (Phi) is 11.1. The summed E-state index contributed by atoms with van der Waals surface area (Å²) in [5.41, 5.74) is 2.45. The summed E-state index contributed by atoms with van der Waals surface area (Å²) in [7, 11) is 1.55. The summed E-state index contributed by atoms with van der Waals surface area (Å²) in [5, 5.41) is 11.4. The molecule has 3 saturated heterocycles. The zero-order chi connectivity index (χ0) is 38.7. The number of hydrogen-bond donors (Lipinski definition) is 1. The Morgan fingerprint density at radius 1 is 0.927 bits per heavy atom. The Morgan fingerprint density at radius 2 is 1.69 bits per heavy atom. The van der Waals surface area contributed by atoms with E-state index in [0.717, 1.165) is 81.4 Å². The van der Waals surface area contributed by atoms with Gasteiger partial charge in [0.15, 0.2) is 0 Å². The smallest absolute Gasteiger partial charge is 0.417 e. The number of carbonyl (C=O) groups excluding carboxylic acids is 3. The number of unbranched alkanes of at least 4 members (excludes halogenated alkanes) is 1. The summed E-state index contributed by atoms with van der Waals surface area (Å²) in [5.74, 6) is 0.412. The van der Waals surface area contributed by atoms with Crippen LogP contribution in [-0.4, -0.2) is 98.1 Å². The van der Waals surface area contributed by atoms with Crippen molar-refractivity contribution < 1.29 is 37.0 Å². The van der Waals surface area contributed by atoms with Gasteiger partial charge in [0.25, 0.3) is 5.91 Å². The van der Waals surface area contributed by atoms with Crippen LogP contribution in [0, 0.1) is 11.3 Å². The molecule has 1 N–H and O–H groups in total. The molecule has 0 radical (unpaired) electrons. The molecule has 15 heteroatoms. The van der Waals surface area contributed by atoms with E-state index in [1.165, 1.54) is 6.07 Å². The van der Waals surface area contributed by atoms with Crippen LogP contribution >= 0.6 is 0 Å². The summed E-state index contributed by atoms with van der Waals surface area (Å²) in [6.45, 7) is 6.48. The Labute approximate surface area is 317 Å². The molecule has 0 aliphatic carbocycles. The summed E-state index contributed by atoms with van der Waals surface area (Å²) in [6.07, 6.45) is 1.08. The average molecular weight is 760 g/mol. The fourth-order valence-electron chi connectivity index (χ4n) is 8.07. The van der Waals surface area contributed by atoms with Crippen LogP contribution in [0.4, 0.5) is 24.5 Å². The quantitative estimate of drug-likeness (QED) is 0.208. The molecule has 1 aromatic heterocycles. The number of aromatic nitrogens is 1. The molecular weight excluding hydrogens is 715 g/mol. The lowest BCUT2D eigenvalue weighted by atomic mass is 9.92. The summed E-state index contributed by atoms with van der Waals surface area (Å²) in [4.78, 5) is 50.3. The van der Waals surface area contributed by atoms with Gasteiger partial charge in [-0.05, 0) is 80.6 Å². The van der Waals surface area contributed by atoms with Crippen molar-refractivity contribution in [2.45, 2.75) is 63.2 Å². The van der Waals surface area contributed by atoms with Crippen molar-refractivity contribution in [3.63, 3.8) is 0 Å². The molecule has 4 aliphatic heterocycles. The van der Waals surface area contributed by atoms with E-state index in [4.69, 9.17) is 14.7 Å². The number of fused-ring (bicyclic) bond motifs is 1. The van der Waals surface area contributed by atoms with E-state index in [2.05, 4.69) is 20.1 Å². The number of ether oxygens (including phenoxy) is 2. The van der Waals surface area contributed by atoms with Crippen LogP contribution < -0.4 is 24.6 Å². The van der Waals surface area contributed by atoms with Crippen molar-refractivity contribution >= 4 is 29.1 Å². The second-order valence-electron chi connectivity index (χ2n) is 14.5. The van der Waals surface area contributed by atoms with Gasteiger partial charge in [0.2, 0.25) is 11.8 Å². The van der Waals surface area contributed by atoms with Crippen LogP contribution in [-0.2, 0) is 22.3 Å². The average Bonchev–Trinajstić information content (AvgIpc) is 3.52. The molecule has 12 nitrogen and oxygen atoms in total. The number of nitrogens with one attached hydrogen (secondary N) is 1. The number of anilines is 2. The Balaban J connectivity index is 0.821. The molecule has 7 rings (SSSR count). The van der Waals surface area contributed by atoms with Gasteiger partial charge in [-0.25, -0.2) is 0 Å². The van der Waals surface area contributed by atoms with Gasteiger partial charge < -0.3 is 24.2 Å². The number of carbonyl (C=O) groups is 3. The van der Waals surface area contributed by atoms with Gasteiger partial charge in [-0.3, -0.25) is 29.6 Å². The van der Waals surface area contributed by atoms with E-state index in [0.29, 0.717) is 55.4 Å². The molecule has 2 aromatic carbocycles. The Bertz CT molecular complexity index is 1950. The molecule has 1 unspecified atom stereocenters. The summed E-state index contributed by atoms with van der Waals surface area (Å²) < 4.78 is 52.0. The maximum atomic E-state index is 13.5. The van der Waals surface area contributed by atoms with Crippen molar-refractivity contribution in [1.29, 1.82) is 5.26 Å². The zero-order valence-corrected chi connectivity index (χ0v) is 30.7. The van der Waals surface area contributed by atoms with Crippen molar-refractivity contribution in [2.75, 3.05) is 69.3 Å². The minimum absolute atomic E-state index is 0.204. The SMILES string of the molecule is COc1cc(N2CCN(CCCCOc3ccc(C4CCN(c5ccc(C#N)c(C(F)(F)F)c5)CC4)nc3)CC2)cc2c1C(=O)N(C1CCC(=O)NC1=O)C2. The van der Waals surface area contributed by atoms with Gasteiger partial charge in [0.1, 0.15) is 17.5 Å². The molecule has 0 spiro atoms. The van der Waals surface area contributed by atoms with Crippen molar-refractivity contribution in [3.8, 4) is 17.6 Å². The molecule has 3 amide bonds. The Hall–Kier alpha value is -5.36. The number of halogens is 3. The maximum Gasteiger partial charge on any atom is 0.417 e. The van der Waals surface area contributed by atoms with Crippen molar-refractivity contribution in [1.82, 2.24) is 20.1 Å². The van der Waals surface area contributed by atoms with Gasteiger partial charge >= 0.3 is 6.18 Å². The third kappa shape index (κ3) is 8.34. The predicted octanol–water partition coefficient (Wildman–Crippen LogP) is 5.11. The number of alkyl halides is 3. The number of piperidine rings is 2. The molecular formula is C40H44F3N7O5. The first-order valence-electron chi connectivity index (χ1n) is 18.8. The monoisotopic (exact) mass is 759 g/mol. The third-order valence-electron chi connectivity index (χ3n) is 11.1. The van der Waals surface area contributed by atoms with Crippen LogP contribution in [0.2, 0.25) is 0 Å². The lowest BCUT2D eigenvalue weighted by Crippen LogP contribution is -2.52. The number of piperazine rings is 1. The number of rotatable bonds is 11. The number of hydrogen-bond acceptors (Lipinski definition) is 10. The molecule has 55 heavy (non-hydrogen) atoms. The summed E-state index contributed by atoms with van der Waals surface area (Å²) >= 11 is 0. The van der Waals surface area contributed by atoms with E-state index in [1.54, 1.807) is 30.3 Å². The molecule has 3 aromatic rings. The topological polar surface area (TPSA) is 131 Å². The zero-order valence-electron chi connectivity index (χ0n) is 30.7. The van der Waals surface area contributed by atoms with E-state index in [9.17, 15) is 27.6 Å². The predicted molar refractivity (Wildman–Crippen MR) is 197 cm³/mol. The number of benzene rings is 2. The first-order valence-corrected chi connectivity index (χ1v) is 18.8. The fourth-order valence-corrected chi connectivity index (χ4v) is 8.07. The largest absolute Gasteiger partial charge is 0.496 e. The summed E-state index contributed by atoms with van der Waals surface area (Å²) in [6, 6.07) is 12.7. The number of amides is 3. The number of imide groups is 1. The number of methoxy groups -OCH3 is 1. The van der Waals surface area contributed by atoms with Gasteiger partial charge in [-0.2, -0.15) is 18.4 Å². The lowest BCUT2D eigenvalue weighted by molar-refractivity contribution is -0.138. The van der Waals surface area contributed by atoms with Gasteiger partial charge in [0.05, 0.1) is 42.7 Å². The molecule has 5 heterocycles. The van der Waals surface area contributed by atoms with Crippen LogP contribution in [0.1, 0.15) is 77.2 Å². The normalized spacial score (nSPS) is 19.7. The van der Waals surface area contributed by atoms with Crippen LogP contribution in [0.5, 0.6) is 11.5 Å². The van der Waals surface area contributed by atoms with Gasteiger partial charge in [-0.1, -0.05) is 0 Å². The second-order valence-corrected chi connectivity index (χ2v) is 14.5. The Morgan fingerprint density at radius 3 is 2.36 bits per heavy atom. The number of nitrogens with zero attached hydrogens (tertiary/aromatic N) is 6. The van der Waals surface area contributed by atoms with Gasteiger partial charge in [0, 0.05) is 81.3 Å².